The van der Waals surface area contributed by atoms with Gasteiger partial charge in [-0.3, -0.25) is 0 Å². The molecule has 4 aromatic carbocycles. The second-order valence-electron chi connectivity index (χ2n) is 12.4. The van der Waals surface area contributed by atoms with Crippen molar-refractivity contribution in [1.29, 1.82) is 0 Å². The first-order valence-electron chi connectivity index (χ1n) is 14.1. The van der Waals surface area contributed by atoms with E-state index in [1.165, 1.54) is 34.4 Å². The van der Waals surface area contributed by atoms with Gasteiger partial charge < -0.3 is 0 Å². The molecule has 0 nitrogen and oxygen atoms in total. The molecule has 0 N–H and O–H groups in total. The molecule has 214 valence electrons. The van der Waals surface area contributed by atoms with Crippen LogP contribution >= 0.6 is 34.5 Å². The second kappa shape index (κ2) is 15.9. The Labute approximate surface area is 258 Å². The Kier molecular flexibility index (Phi) is 14.3. The van der Waals surface area contributed by atoms with Crippen LogP contribution in [0.5, 0.6) is 0 Å². The van der Waals surface area contributed by atoms with Gasteiger partial charge in [-0.25, -0.2) is 0 Å². The van der Waals surface area contributed by atoms with Crippen LogP contribution in [0.2, 0.25) is 0 Å². The van der Waals surface area contributed by atoms with Crippen LogP contribution in [-0.4, -0.2) is 21.6 Å². The Balaban J connectivity index is 0.000000249. The van der Waals surface area contributed by atoms with E-state index in [0.29, 0.717) is 10.3 Å². The van der Waals surface area contributed by atoms with E-state index in [9.17, 15) is 0 Å². The molecule has 0 amide bonds. The van der Waals surface area contributed by atoms with Gasteiger partial charge in [-0.2, -0.15) is 12.1 Å². The van der Waals surface area contributed by atoms with Crippen LogP contribution in [0.15, 0.2) is 72.8 Å². The first-order valence-corrected chi connectivity index (χ1v) is 21.3. The molecule has 39 heavy (non-hydrogen) atoms. The molecular formula is C34H48Cl2P2Ti-2. The molecule has 0 fully saturated rings. The number of hydrogen-bond donors (Lipinski definition) is 0. The van der Waals surface area contributed by atoms with E-state index in [2.05, 4.69) is 142 Å². The molecule has 2 unspecified atom stereocenters. The van der Waals surface area contributed by atoms with Crippen molar-refractivity contribution in [1.82, 2.24) is 0 Å². The summed E-state index contributed by atoms with van der Waals surface area (Å²) in [5, 5.41) is 9.43. The molecule has 0 saturated carbocycles. The van der Waals surface area contributed by atoms with Crippen molar-refractivity contribution >= 4 is 66.6 Å². The van der Waals surface area contributed by atoms with Crippen molar-refractivity contribution in [2.24, 2.45) is 0 Å². The Morgan fingerprint density at radius 2 is 1.05 bits per heavy atom. The van der Waals surface area contributed by atoms with E-state index >= 15 is 0 Å². The van der Waals surface area contributed by atoms with Crippen LogP contribution in [0.4, 0.5) is 0 Å². The van der Waals surface area contributed by atoms with Gasteiger partial charge in [0, 0.05) is 0 Å². The number of fused-ring (bicyclic) bond motifs is 2. The summed E-state index contributed by atoms with van der Waals surface area (Å²) in [4.78, 5) is 0. The average molecular weight is 637 g/mol. The first kappa shape index (κ1) is 35.0. The molecule has 4 aromatic rings. The van der Waals surface area contributed by atoms with E-state index in [1.54, 1.807) is 10.6 Å². The average Bonchev–Trinajstić information content (AvgIpc) is 3.46. The minimum absolute atomic E-state index is 0.0252. The fourth-order valence-electron chi connectivity index (χ4n) is 5.66. The van der Waals surface area contributed by atoms with Crippen molar-refractivity contribution in [3.8, 4) is 0 Å². The van der Waals surface area contributed by atoms with Gasteiger partial charge in [-0.05, 0) is 34.5 Å². The summed E-state index contributed by atoms with van der Waals surface area (Å²) in [6, 6.07) is 27.1. The summed E-state index contributed by atoms with van der Waals surface area (Å²) >= 11 is -0.556. The van der Waals surface area contributed by atoms with Crippen molar-refractivity contribution in [3.63, 3.8) is 0 Å². The van der Waals surface area contributed by atoms with E-state index in [0.717, 1.165) is 11.3 Å². The summed E-state index contributed by atoms with van der Waals surface area (Å²) in [6.07, 6.45) is 2.58. The molecule has 5 heteroatoms. The Morgan fingerprint density at radius 3 is 1.41 bits per heavy atom. The van der Waals surface area contributed by atoms with Gasteiger partial charge in [0.1, 0.15) is 0 Å². The van der Waals surface area contributed by atoms with E-state index in [1.807, 2.05) is 0 Å². The monoisotopic (exact) mass is 636 g/mol. The molecule has 0 heterocycles. The molecule has 2 atom stereocenters. The second-order valence-corrected chi connectivity index (χ2v) is 21.9. The Hall–Kier alpha value is -0.186. The van der Waals surface area contributed by atoms with Gasteiger partial charge in [-0.1, -0.05) is 97.2 Å². The topological polar surface area (TPSA) is 0 Å². The van der Waals surface area contributed by atoms with Crippen LogP contribution in [-0.2, 0) is 17.0 Å². The van der Waals surface area contributed by atoms with Gasteiger partial charge in [-0.15, -0.1) is 80.7 Å². The van der Waals surface area contributed by atoms with Crippen molar-refractivity contribution in [2.75, 3.05) is 0 Å². The molecule has 0 saturated heterocycles. The zero-order chi connectivity index (χ0) is 29.4. The zero-order valence-electron chi connectivity index (χ0n) is 25.6. The molecule has 0 aliphatic rings. The molecular weight excluding hydrogens is 589 g/mol. The molecule has 0 aliphatic carbocycles. The van der Waals surface area contributed by atoms with Gasteiger partial charge in [0.2, 0.25) is 0 Å². The Bertz CT molecular complexity index is 1170. The van der Waals surface area contributed by atoms with Gasteiger partial charge in [0.05, 0.1) is 0 Å². The first-order chi connectivity index (χ1) is 18.3. The van der Waals surface area contributed by atoms with Crippen LogP contribution in [0.25, 0.3) is 21.5 Å². The summed E-state index contributed by atoms with van der Waals surface area (Å²) in [7, 11) is 9.57. The number of hydrogen-bond acceptors (Lipinski definition) is 0. The number of benzene rings is 2. The predicted molar refractivity (Wildman–Crippen MR) is 183 cm³/mol. The molecule has 4 rings (SSSR count). The standard InChI is InChI=1S/2C17H24P.2ClH.Ti/c1-16(2,3)18(17(4,5)6)15-11-13-9-7-8-10-14(13)12-15;1-5-13(3)18(14(4)6-2)17-11-15-9-7-8-10-16(15)12-17;;;/h7-12H,1-6H3;7-14H,5-6H2,1-4H3;2*1H;/q2*-1;;;+2/p-2. The fraction of sp³-hybridized carbons (Fsp3) is 0.471. The molecule has 0 spiro atoms. The van der Waals surface area contributed by atoms with Crippen LogP contribution in [0.1, 0.15) is 82.1 Å². The fourth-order valence-corrected chi connectivity index (χ4v) is 13.0. The summed E-state index contributed by atoms with van der Waals surface area (Å²) < 4.78 is 0. The number of rotatable bonds is 6. The minimum atomic E-state index is -0.556. The van der Waals surface area contributed by atoms with E-state index in [-0.39, 0.29) is 15.8 Å². The maximum absolute atomic E-state index is 4.89. The third-order valence-electron chi connectivity index (χ3n) is 7.23. The Morgan fingerprint density at radius 1 is 0.692 bits per heavy atom. The summed E-state index contributed by atoms with van der Waals surface area (Å²) in [5.41, 5.74) is 1.65. The van der Waals surface area contributed by atoms with Crippen molar-refractivity contribution < 1.29 is 17.0 Å². The van der Waals surface area contributed by atoms with Crippen LogP contribution in [0, 0.1) is 0 Å². The molecule has 0 radical (unpaired) electrons. The van der Waals surface area contributed by atoms with Gasteiger partial charge in [0.25, 0.3) is 0 Å². The van der Waals surface area contributed by atoms with Crippen molar-refractivity contribution in [2.45, 2.75) is 104 Å². The third kappa shape index (κ3) is 9.95. The van der Waals surface area contributed by atoms with E-state index in [4.69, 9.17) is 18.6 Å². The van der Waals surface area contributed by atoms with Crippen molar-refractivity contribution in [3.05, 3.63) is 72.8 Å². The molecule has 0 bridgehead atoms. The van der Waals surface area contributed by atoms with Crippen LogP contribution < -0.4 is 10.6 Å². The maximum atomic E-state index is 4.89. The molecule has 0 aromatic heterocycles. The quantitative estimate of drug-likeness (QED) is 0.112. The van der Waals surface area contributed by atoms with Gasteiger partial charge in [0.15, 0.2) is 0 Å². The van der Waals surface area contributed by atoms with E-state index < -0.39 is 17.0 Å². The van der Waals surface area contributed by atoms with Gasteiger partial charge >= 0.3 is 35.6 Å². The number of halogens is 2. The summed E-state index contributed by atoms with van der Waals surface area (Å²) in [6.45, 7) is 23.8. The molecule has 0 aliphatic heterocycles. The normalized spacial score (nSPS) is 14.3. The predicted octanol–water partition coefficient (Wildman–Crippen LogP) is 11.9. The van der Waals surface area contributed by atoms with Crippen LogP contribution in [0.3, 0.4) is 0 Å². The SMILES string of the molecule is CC(C)(C)P(c1cc2ccccc2[cH-]1)C(C)(C)C.CCC(C)P(c1cc2ccccc2[cH-]1)C(C)CC.[Cl][Ti][Cl]. The zero-order valence-corrected chi connectivity index (χ0v) is 30.5. The summed E-state index contributed by atoms with van der Waals surface area (Å²) in [5.74, 6) is 0. The third-order valence-corrected chi connectivity index (χ3v) is 14.2.